The predicted octanol–water partition coefficient (Wildman–Crippen LogP) is 0.603. The third-order valence-electron chi connectivity index (χ3n) is 1.28. The van der Waals surface area contributed by atoms with Gasteiger partial charge < -0.3 is 15.6 Å². The Kier molecular flexibility index (Phi) is 4.34. The van der Waals surface area contributed by atoms with E-state index >= 15 is 0 Å². The number of hydrogen-bond donors (Lipinski definition) is 3. The van der Waals surface area contributed by atoms with Gasteiger partial charge in [0.1, 0.15) is 0 Å². The highest BCUT2D eigenvalue weighted by Crippen LogP contribution is 1.73. The zero-order valence-electron chi connectivity index (χ0n) is 6.91. The van der Waals surface area contributed by atoms with Gasteiger partial charge in [-0.1, -0.05) is 0 Å². The SMILES string of the molecule is S=C1NCCN1.S=c1nccc[nH]1. The van der Waals surface area contributed by atoms with E-state index in [1.54, 1.807) is 18.5 Å². The first-order valence-corrected chi connectivity index (χ1v) is 4.62. The van der Waals surface area contributed by atoms with Gasteiger partial charge in [0, 0.05) is 25.5 Å². The average Bonchev–Trinajstić information content (AvgIpc) is 2.58. The quantitative estimate of drug-likeness (QED) is 0.552. The summed E-state index contributed by atoms with van der Waals surface area (Å²) in [5.74, 6) is 0. The lowest BCUT2D eigenvalue weighted by molar-refractivity contribution is 0.942. The minimum Gasteiger partial charge on any atom is -0.361 e. The number of thiocarbonyl (C=S) groups is 1. The third-order valence-corrected chi connectivity index (χ3v) is 1.79. The van der Waals surface area contributed by atoms with Crippen molar-refractivity contribution in [1.82, 2.24) is 20.6 Å². The minimum absolute atomic E-state index is 0.530. The van der Waals surface area contributed by atoms with Crippen LogP contribution in [-0.4, -0.2) is 28.2 Å². The Morgan fingerprint density at radius 1 is 1.23 bits per heavy atom. The summed E-state index contributed by atoms with van der Waals surface area (Å²) in [6.45, 7) is 1.97. The normalized spacial score (nSPS) is 13.7. The Hall–Kier alpha value is -1.01. The highest BCUT2D eigenvalue weighted by Gasteiger charge is 1.98. The first-order valence-electron chi connectivity index (χ1n) is 3.80. The first-order chi connectivity index (χ1) is 6.29. The second-order valence-electron chi connectivity index (χ2n) is 2.27. The van der Waals surface area contributed by atoms with Gasteiger partial charge in [-0.05, 0) is 30.5 Å². The molecule has 0 saturated carbocycles. The molecular weight excluding hydrogens is 204 g/mol. The van der Waals surface area contributed by atoms with Crippen LogP contribution in [0.25, 0.3) is 0 Å². The molecule has 0 atom stereocenters. The van der Waals surface area contributed by atoms with Gasteiger partial charge in [-0.2, -0.15) is 0 Å². The summed E-state index contributed by atoms with van der Waals surface area (Å²) in [4.78, 5) is 6.47. The topological polar surface area (TPSA) is 52.7 Å². The Balaban J connectivity index is 0.000000132. The Morgan fingerprint density at radius 2 is 1.92 bits per heavy atom. The molecule has 3 N–H and O–H groups in total. The predicted molar refractivity (Wildman–Crippen MR) is 58.0 cm³/mol. The minimum atomic E-state index is 0.530. The van der Waals surface area contributed by atoms with Crippen LogP contribution in [0.5, 0.6) is 0 Å². The van der Waals surface area contributed by atoms with Crippen LogP contribution in [0.1, 0.15) is 0 Å². The van der Waals surface area contributed by atoms with Gasteiger partial charge in [0.15, 0.2) is 9.88 Å². The lowest BCUT2D eigenvalue weighted by Gasteiger charge is -1.85. The molecular formula is C7H10N4S2. The highest BCUT2D eigenvalue weighted by atomic mass is 32.1. The smallest absolute Gasteiger partial charge is 0.196 e. The van der Waals surface area contributed by atoms with Gasteiger partial charge in [0.25, 0.3) is 0 Å². The molecule has 0 bridgehead atoms. The van der Waals surface area contributed by atoms with Crippen molar-refractivity contribution in [2.45, 2.75) is 0 Å². The molecule has 13 heavy (non-hydrogen) atoms. The summed E-state index contributed by atoms with van der Waals surface area (Å²) in [7, 11) is 0. The lowest BCUT2D eigenvalue weighted by Crippen LogP contribution is -2.19. The maximum atomic E-state index is 4.70. The largest absolute Gasteiger partial charge is 0.361 e. The summed E-state index contributed by atoms with van der Waals surface area (Å²) in [5.41, 5.74) is 0. The van der Waals surface area contributed by atoms with Crippen molar-refractivity contribution < 1.29 is 0 Å². The average molecular weight is 214 g/mol. The summed E-state index contributed by atoms with van der Waals surface area (Å²) >= 11 is 9.34. The van der Waals surface area contributed by atoms with E-state index in [1.165, 1.54) is 0 Å². The fourth-order valence-electron chi connectivity index (χ4n) is 0.725. The standard InChI is InChI=1S/C4H4N2S.C3H6N2S/c7-4-5-2-1-3-6-4;6-3-4-1-2-5-3/h1-3H,(H,5,6,7);1-2H2,(H2,4,5,6). The zero-order chi connectivity index (χ0) is 9.52. The van der Waals surface area contributed by atoms with Crippen LogP contribution in [0.3, 0.4) is 0 Å². The van der Waals surface area contributed by atoms with Gasteiger partial charge in [-0.15, -0.1) is 0 Å². The third kappa shape index (κ3) is 4.54. The monoisotopic (exact) mass is 214 g/mol. The molecule has 0 aliphatic carbocycles. The van der Waals surface area contributed by atoms with Crippen LogP contribution in [-0.2, 0) is 0 Å². The van der Waals surface area contributed by atoms with Crippen LogP contribution in [0.2, 0.25) is 0 Å². The number of nitrogens with one attached hydrogen (secondary N) is 3. The molecule has 0 spiro atoms. The van der Waals surface area contributed by atoms with Crippen molar-refractivity contribution >= 4 is 29.5 Å². The van der Waals surface area contributed by atoms with Crippen molar-refractivity contribution in [3.05, 3.63) is 23.2 Å². The van der Waals surface area contributed by atoms with Crippen LogP contribution in [0.15, 0.2) is 18.5 Å². The molecule has 0 unspecified atom stereocenters. The Bertz CT molecular complexity index is 297. The van der Waals surface area contributed by atoms with Crippen LogP contribution in [0, 0.1) is 4.77 Å². The molecule has 4 nitrogen and oxygen atoms in total. The highest BCUT2D eigenvalue weighted by molar-refractivity contribution is 7.80. The van der Waals surface area contributed by atoms with Gasteiger partial charge in [-0.3, -0.25) is 0 Å². The molecule has 0 radical (unpaired) electrons. The number of nitrogens with zero attached hydrogens (tertiary/aromatic N) is 1. The molecule has 0 aromatic carbocycles. The molecule has 2 heterocycles. The molecule has 1 aliphatic heterocycles. The van der Waals surface area contributed by atoms with Gasteiger partial charge in [0.2, 0.25) is 0 Å². The fraction of sp³-hybridized carbons (Fsp3) is 0.286. The van der Waals surface area contributed by atoms with Crippen LogP contribution >= 0.6 is 24.4 Å². The van der Waals surface area contributed by atoms with E-state index < -0.39 is 0 Å². The Labute approximate surface area is 86.8 Å². The van der Waals surface area contributed by atoms with Crippen molar-refractivity contribution in [2.75, 3.05) is 13.1 Å². The van der Waals surface area contributed by atoms with Crippen molar-refractivity contribution in [1.29, 1.82) is 0 Å². The number of hydrogen-bond acceptors (Lipinski definition) is 3. The number of H-pyrrole nitrogens is 1. The van der Waals surface area contributed by atoms with Crippen LogP contribution < -0.4 is 10.6 Å². The zero-order valence-corrected chi connectivity index (χ0v) is 8.54. The maximum absolute atomic E-state index is 4.70. The van der Waals surface area contributed by atoms with Gasteiger partial charge in [0.05, 0.1) is 0 Å². The molecule has 6 heteroatoms. The van der Waals surface area contributed by atoms with Gasteiger partial charge >= 0.3 is 0 Å². The molecule has 1 aromatic heterocycles. The van der Waals surface area contributed by atoms with Crippen molar-refractivity contribution in [3.63, 3.8) is 0 Å². The molecule has 0 amide bonds. The van der Waals surface area contributed by atoms with Crippen molar-refractivity contribution in [3.8, 4) is 0 Å². The van der Waals surface area contributed by atoms with E-state index in [-0.39, 0.29) is 0 Å². The Morgan fingerprint density at radius 3 is 2.15 bits per heavy atom. The van der Waals surface area contributed by atoms with Crippen molar-refractivity contribution in [2.24, 2.45) is 0 Å². The fourth-order valence-corrected chi connectivity index (χ4v) is 1.06. The van der Waals surface area contributed by atoms with Gasteiger partial charge in [-0.25, -0.2) is 4.98 Å². The second-order valence-corrected chi connectivity index (χ2v) is 3.06. The second kappa shape index (κ2) is 5.60. The lowest BCUT2D eigenvalue weighted by atomic mass is 10.7. The summed E-state index contributed by atoms with van der Waals surface area (Å²) in [6, 6.07) is 1.79. The van der Waals surface area contributed by atoms with Crippen LogP contribution in [0.4, 0.5) is 0 Å². The first kappa shape index (κ1) is 10.1. The van der Waals surface area contributed by atoms with E-state index in [0.717, 1.165) is 18.2 Å². The summed E-state index contributed by atoms with van der Waals surface area (Å²) in [5, 5.41) is 6.67. The molecule has 1 aromatic rings. The molecule has 70 valence electrons. The summed E-state index contributed by atoms with van der Waals surface area (Å²) < 4.78 is 0.530. The molecule has 1 saturated heterocycles. The molecule has 1 aliphatic rings. The van der Waals surface area contributed by atoms with E-state index in [1.807, 2.05) is 0 Å². The van der Waals surface area contributed by atoms with E-state index in [2.05, 4.69) is 32.8 Å². The van der Waals surface area contributed by atoms with E-state index in [0.29, 0.717) is 4.77 Å². The maximum Gasteiger partial charge on any atom is 0.196 e. The molecule has 1 fully saturated rings. The molecule has 2 rings (SSSR count). The van der Waals surface area contributed by atoms with E-state index in [4.69, 9.17) is 12.2 Å². The number of aromatic amines is 1. The number of rotatable bonds is 0. The van der Waals surface area contributed by atoms with E-state index in [9.17, 15) is 0 Å². The summed E-state index contributed by atoms with van der Waals surface area (Å²) in [6.07, 6.45) is 3.40. The number of aromatic nitrogens is 2.